The lowest BCUT2D eigenvalue weighted by molar-refractivity contribution is 0.101. The quantitative estimate of drug-likeness (QED) is 0.705. The van der Waals surface area contributed by atoms with E-state index in [1.54, 1.807) is 29.1 Å². The lowest BCUT2D eigenvalue weighted by Gasteiger charge is -2.11. The normalized spacial score (nSPS) is 10.4. The molecule has 6 nitrogen and oxygen atoms in total. The monoisotopic (exact) mass is 371 g/mol. The zero-order valence-electron chi connectivity index (χ0n) is 14.4. The molecule has 3 aromatic rings. The number of methoxy groups -OCH3 is 1. The lowest BCUT2D eigenvalue weighted by atomic mass is 10.2. The average molecular weight is 372 g/mol. The van der Waals surface area contributed by atoms with Crippen LogP contribution in [0.25, 0.3) is 5.69 Å². The number of hydrogen-bond donors (Lipinski definition) is 1. The summed E-state index contributed by atoms with van der Waals surface area (Å²) in [5, 5.41) is 7.63. The van der Waals surface area contributed by atoms with Gasteiger partial charge in [0.25, 0.3) is 5.91 Å². The number of benzene rings is 2. The van der Waals surface area contributed by atoms with Crippen molar-refractivity contribution in [1.82, 2.24) is 9.78 Å². The number of para-hydroxylation sites is 1. The molecule has 2 aromatic carbocycles. The molecule has 0 fully saturated rings. The van der Waals surface area contributed by atoms with E-state index in [9.17, 15) is 4.79 Å². The van der Waals surface area contributed by atoms with Crippen LogP contribution in [0.3, 0.4) is 0 Å². The second kappa shape index (κ2) is 7.93. The molecule has 1 N–H and O–H groups in total. The predicted octanol–water partition coefficient (Wildman–Crippen LogP) is 4.19. The van der Waals surface area contributed by atoms with Crippen LogP contribution in [-0.2, 0) is 0 Å². The molecule has 0 aliphatic carbocycles. The molecule has 1 aromatic heterocycles. The third-order valence-electron chi connectivity index (χ3n) is 3.63. The Kier molecular flexibility index (Phi) is 5.43. The van der Waals surface area contributed by atoms with E-state index < -0.39 is 5.91 Å². The molecule has 0 saturated heterocycles. The average Bonchev–Trinajstić information content (AvgIpc) is 3.09. The number of aromatic nitrogens is 2. The smallest absolute Gasteiger partial charge is 0.280 e. The molecule has 0 aliphatic heterocycles. The van der Waals surface area contributed by atoms with E-state index in [1.165, 1.54) is 7.11 Å². The fraction of sp³-hybridized carbons (Fsp3) is 0.158. The first-order chi connectivity index (χ1) is 12.6. The highest BCUT2D eigenvalue weighted by molar-refractivity contribution is 6.31. The van der Waals surface area contributed by atoms with Crippen LogP contribution in [0.4, 0.5) is 5.69 Å². The highest BCUT2D eigenvalue weighted by Crippen LogP contribution is 2.29. The van der Waals surface area contributed by atoms with Crippen LogP contribution >= 0.6 is 11.6 Å². The highest BCUT2D eigenvalue weighted by Gasteiger charge is 2.20. The number of halogens is 1. The van der Waals surface area contributed by atoms with Crippen molar-refractivity contribution < 1.29 is 14.3 Å². The molecule has 26 heavy (non-hydrogen) atoms. The fourth-order valence-electron chi connectivity index (χ4n) is 2.44. The number of carbonyl (C=O) groups is 1. The molecule has 0 spiro atoms. The number of ether oxygens (including phenoxy) is 2. The maximum atomic E-state index is 12.7. The topological polar surface area (TPSA) is 65.4 Å². The number of amides is 1. The van der Waals surface area contributed by atoms with E-state index in [-0.39, 0.29) is 5.69 Å². The van der Waals surface area contributed by atoms with Gasteiger partial charge in [-0.25, -0.2) is 4.68 Å². The van der Waals surface area contributed by atoms with Gasteiger partial charge in [-0.2, -0.15) is 5.10 Å². The Hall–Kier alpha value is -2.99. The summed E-state index contributed by atoms with van der Waals surface area (Å²) >= 11 is 6.04. The molecule has 134 valence electrons. The number of rotatable bonds is 6. The van der Waals surface area contributed by atoms with E-state index in [1.807, 2.05) is 37.3 Å². The van der Waals surface area contributed by atoms with Crippen molar-refractivity contribution in [3.63, 3.8) is 0 Å². The molecular formula is C19H18ClN3O3. The van der Waals surface area contributed by atoms with Gasteiger partial charge in [0.2, 0.25) is 0 Å². The van der Waals surface area contributed by atoms with Crippen LogP contribution in [0.2, 0.25) is 5.02 Å². The van der Waals surface area contributed by atoms with Crippen LogP contribution in [0, 0.1) is 0 Å². The Balaban J connectivity index is 1.91. The van der Waals surface area contributed by atoms with Crippen molar-refractivity contribution in [2.75, 3.05) is 19.0 Å². The lowest BCUT2D eigenvalue weighted by Crippen LogP contribution is -2.15. The van der Waals surface area contributed by atoms with E-state index in [2.05, 4.69) is 10.4 Å². The Morgan fingerprint density at radius 3 is 2.65 bits per heavy atom. The van der Waals surface area contributed by atoms with E-state index in [0.717, 1.165) is 5.69 Å². The summed E-state index contributed by atoms with van der Waals surface area (Å²) in [4.78, 5) is 12.7. The van der Waals surface area contributed by atoms with Crippen LogP contribution in [0.5, 0.6) is 11.5 Å². The number of nitrogens with zero attached hydrogens (tertiary/aromatic N) is 2. The van der Waals surface area contributed by atoms with Crippen molar-refractivity contribution in [3.05, 3.63) is 65.4 Å². The van der Waals surface area contributed by atoms with Gasteiger partial charge in [-0.1, -0.05) is 29.8 Å². The van der Waals surface area contributed by atoms with Gasteiger partial charge in [0.1, 0.15) is 5.75 Å². The van der Waals surface area contributed by atoms with Gasteiger partial charge in [0.05, 0.1) is 31.3 Å². The fourth-order valence-corrected chi connectivity index (χ4v) is 2.61. The molecule has 0 atom stereocenters. The summed E-state index contributed by atoms with van der Waals surface area (Å²) in [6, 6.07) is 14.5. The summed E-state index contributed by atoms with van der Waals surface area (Å²) in [6.07, 6.45) is 1.66. The zero-order chi connectivity index (χ0) is 18.5. The number of carbonyl (C=O) groups excluding carboxylic acids is 1. The van der Waals surface area contributed by atoms with Crippen molar-refractivity contribution in [3.8, 4) is 17.2 Å². The van der Waals surface area contributed by atoms with Crippen LogP contribution in [-0.4, -0.2) is 29.4 Å². The SMILES string of the molecule is CCOc1ccc(Cl)cc1NC(=O)c1nn(-c2ccccc2)cc1OC. The van der Waals surface area contributed by atoms with Gasteiger partial charge >= 0.3 is 0 Å². The molecule has 7 heteroatoms. The summed E-state index contributed by atoms with van der Waals surface area (Å²) in [7, 11) is 1.49. The highest BCUT2D eigenvalue weighted by atomic mass is 35.5. The van der Waals surface area contributed by atoms with E-state index in [4.69, 9.17) is 21.1 Å². The Morgan fingerprint density at radius 2 is 1.96 bits per heavy atom. The second-order valence-electron chi connectivity index (χ2n) is 5.35. The Labute approximate surface area is 156 Å². The number of nitrogens with one attached hydrogen (secondary N) is 1. The summed E-state index contributed by atoms with van der Waals surface area (Å²) in [5.74, 6) is 0.484. The van der Waals surface area contributed by atoms with Gasteiger partial charge in [-0.3, -0.25) is 4.79 Å². The molecule has 1 amide bonds. The zero-order valence-corrected chi connectivity index (χ0v) is 15.2. The van der Waals surface area contributed by atoms with Crippen LogP contribution in [0.1, 0.15) is 17.4 Å². The predicted molar refractivity (Wildman–Crippen MR) is 101 cm³/mol. The van der Waals surface area contributed by atoms with Gasteiger partial charge < -0.3 is 14.8 Å². The first-order valence-electron chi connectivity index (χ1n) is 8.05. The molecule has 1 heterocycles. The first kappa shape index (κ1) is 17.8. The largest absolute Gasteiger partial charge is 0.493 e. The van der Waals surface area contributed by atoms with Crippen molar-refractivity contribution in [2.45, 2.75) is 6.92 Å². The van der Waals surface area contributed by atoms with Crippen molar-refractivity contribution >= 4 is 23.2 Å². The summed E-state index contributed by atoms with van der Waals surface area (Å²) < 4.78 is 12.4. The third-order valence-corrected chi connectivity index (χ3v) is 3.86. The van der Waals surface area contributed by atoms with Crippen molar-refractivity contribution in [2.24, 2.45) is 0 Å². The van der Waals surface area contributed by atoms with Gasteiger partial charge in [-0.15, -0.1) is 0 Å². The molecule has 0 unspecified atom stereocenters. The maximum Gasteiger partial charge on any atom is 0.280 e. The number of hydrogen-bond acceptors (Lipinski definition) is 4. The Morgan fingerprint density at radius 1 is 1.19 bits per heavy atom. The van der Waals surface area contributed by atoms with Crippen LogP contribution in [0.15, 0.2) is 54.7 Å². The molecular weight excluding hydrogens is 354 g/mol. The van der Waals surface area contributed by atoms with Crippen LogP contribution < -0.4 is 14.8 Å². The van der Waals surface area contributed by atoms with Gasteiger partial charge in [-0.05, 0) is 37.3 Å². The van der Waals surface area contributed by atoms with Gasteiger partial charge in [0, 0.05) is 5.02 Å². The first-order valence-corrected chi connectivity index (χ1v) is 8.43. The standard InChI is InChI=1S/C19H18ClN3O3/c1-3-26-16-10-9-13(20)11-15(16)21-19(24)18-17(25-2)12-23(22-18)14-7-5-4-6-8-14/h4-12H,3H2,1-2H3,(H,21,24). The summed E-state index contributed by atoms with van der Waals surface area (Å²) in [6.45, 7) is 2.33. The molecule has 0 saturated carbocycles. The van der Waals surface area contributed by atoms with Crippen molar-refractivity contribution in [1.29, 1.82) is 0 Å². The van der Waals surface area contributed by atoms with Gasteiger partial charge in [0.15, 0.2) is 11.4 Å². The van der Waals surface area contributed by atoms with E-state index in [0.29, 0.717) is 28.8 Å². The molecule has 0 bridgehead atoms. The minimum absolute atomic E-state index is 0.166. The Bertz CT molecular complexity index is 910. The maximum absolute atomic E-state index is 12.7. The summed E-state index contributed by atoms with van der Waals surface area (Å²) in [5.41, 5.74) is 1.46. The minimum Gasteiger partial charge on any atom is -0.493 e. The molecule has 0 radical (unpaired) electrons. The molecule has 0 aliphatic rings. The minimum atomic E-state index is -0.417. The molecule has 3 rings (SSSR count). The van der Waals surface area contributed by atoms with E-state index >= 15 is 0 Å². The third kappa shape index (κ3) is 3.81. The second-order valence-corrected chi connectivity index (χ2v) is 5.79. The number of anilines is 1.